The van der Waals surface area contributed by atoms with Crippen molar-refractivity contribution in [3.8, 4) is 0 Å². The van der Waals surface area contributed by atoms with Gasteiger partial charge in [0, 0.05) is 26.6 Å². The molecule has 1 aliphatic heterocycles. The Bertz CT molecular complexity index is 574. The predicted molar refractivity (Wildman–Crippen MR) is 81.9 cm³/mol. The molecule has 1 saturated heterocycles. The maximum absolute atomic E-state index is 13.0. The Hall–Kier alpha value is -2.18. The fourth-order valence-electron chi connectivity index (χ4n) is 2.48. The van der Waals surface area contributed by atoms with Crippen LogP contribution in [0, 0.1) is 11.6 Å². The lowest BCUT2D eigenvalue weighted by molar-refractivity contribution is -0.120. The van der Waals surface area contributed by atoms with E-state index in [0.717, 1.165) is 24.5 Å². The predicted octanol–water partition coefficient (Wildman–Crippen LogP) is 1.82. The zero-order valence-electron chi connectivity index (χ0n) is 13.1. The van der Waals surface area contributed by atoms with Gasteiger partial charge in [-0.2, -0.15) is 0 Å². The minimum absolute atomic E-state index is 0.0478. The summed E-state index contributed by atoms with van der Waals surface area (Å²) in [6.07, 6.45) is 2.18. The number of urea groups is 1. The summed E-state index contributed by atoms with van der Waals surface area (Å²) < 4.78 is 25.8. The van der Waals surface area contributed by atoms with Crippen LogP contribution in [0.5, 0.6) is 0 Å². The molecule has 23 heavy (non-hydrogen) atoms. The third-order valence-electron chi connectivity index (χ3n) is 3.73. The summed E-state index contributed by atoms with van der Waals surface area (Å²) >= 11 is 0. The lowest BCUT2D eigenvalue weighted by Crippen LogP contribution is -2.62. The van der Waals surface area contributed by atoms with E-state index in [1.54, 1.807) is 11.0 Å². The smallest absolute Gasteiger partial charge is 0.317 e. The minimum atomic E-state index is -0.840. The Morgan fingerprint density at radius 2 is 1.96 bits per heavy atom. The van der Waals surface area contributed by atoms with Crippen LogP contribution in [0.4, 0.5) is 13.6 Å². The summed E-state index contributed by atoms with van der Waals surface area (Å²) in [4.78, 5) is 24.3. The van der Waals surface area contributed by atoms with Gasteiger partial charge in [0.1, 0.15) is 0 Å². The second-order valence-corrected chi connectivity index (χ2v) is 5.74. The van der Waals surface area contributed by atoms with Crippen LogP contribution >= 0.6 is 0 Å². The molecule has 3 amide bonds. The van der Waals surface area contributed by atoms with Gasteiger partial charge in [0.2, 0.25) is 5.91 Å². The summed E-state index contributed by atoms with van der Waals surface area (Å²) in [7, 11) is 0. The first-order chi connectivity index (χ1) is 11.0. The molecular weight excluding hydrogens is 304 g/mol. The van der Waals surface area contributed by atoms with Gasteiger partial charge in [-0.3, -0.25) is 4.79 Å². The molecule has 0 radical (unpaired) electrons. The van der Waals surface area contributed by atoms with Gasteiger partial charge < -0.3 is 15.5 Å². The van der Waals surface area contributed by atoms with E-state index in [1.807, 2.05) is 0 Å². The number of nitrogens with zero attached hydrogens (tertiary/aromatic N) is 1. The highest BCUT2D eigenvalue weighted by molar-refractivity contribution is 5.77. The molecule has 0 spiro atoms. The van der Waals surface area contributed by atoms with E-state index in [-0.39, 0.29) is 18.0 Å². The molecule has 1 aromatic rings. The van der Waals surface area contributed by atoms with Crippen molar-refractivity contribution >= 4 is 11.9 Å². The van der Waals surface area contributed by atoms with Crippen LogP contribution in [0.25, 0.3) is 0 Å². The number of amides is 3. The van der Waals surface area contributed by atoms with E-state index in [4.69, 9.17) is 0 Å². The summed E-state index contributed by atoms with van der Waals surface area (Å²) in [5, 5.41) is 5.55. The standard InChI is InChI=1S/C16H21F2N3O2/c1-11(22)20-13-9-21(10-13)16(23)19-7-3-2-4-12-5-6-14(17)15(18)8-12/h5-6,8,13H,2-4,7,9-10H2,1H3,(H,19,23)(H,20,22). The van der Waals surface area contributed by atoms with Gasteiger partial charge in [0.05, 0.1) is 6.04 Å². The van der Waals surface area contributed by atoms with Crippen molar-refractivity contribution in [1.82, 2.24) is 15.5 Å². The van der Waals surface area contributed by atoms with E-state index >= 15 is 0 Å². The molecule has 2 N–H and O–H groups in total. The molecule has 1 aromatic carbocycles. The average Bonchev–Trinajstić information content (AvgIpc) is 2.45. The van der Waals surface area contributed by atoms with E-state index in [9.17, 15) is 18.4 Å². The molecule has 0 atom stereocenters. The number of nitrogens with one attached hydrogen (secondary N) is 2. The van der Waals surface area contributed by atoms with Crippen molar-refractivity contribution in [3.05, 3.63) is 35.4 Å². The minimum Gasteiger partial charge on any atom is -0.350 e. The summed E-state index contributed by atoms with van der Waals surface area (Å²) in [5.41, 5.74) is 0.746. The largest absolute Gasteiger partial charge is 0.350 e. The highest BCUT2D eigenvalue weighted by Crippen LogP contribution is 2.11. The summed E-state index contributed by atoms with van der Waals surface area (Å²) in [6, 6.07) is 3.81. The lowest BCUT2D eigenvalue weighted by Gasteiger charge is -2.39. The van der Waals surface area contributed by atoms with E-state index in [0.29, 0.717) is 26.1 Å². The zero-order chi connectivity index (χ0) is 16.8. The zero-order valence-corrected chi connectivity index (χ0v) is 13.1. The molecule has 1 fully saturated rings. The fourth-order valence-corrected chi connectivity index (χ4v) is 2.48. The van der Waals surface area contributed by atoms with E-state index in [1.165, 1.54) is 13.0 Å². The van der Waals surface area contributed by atoms with Crippen LogP contribution in [0.3, 0.4) is 0 Å². The van der Waals surface area contributed by atoms with Gasteiger partial charge in [-0.15, -0.1) is 0 Å². The van der Waals surface area contributed by atoms with Crippen LogP contribution in [0.2, 0.25) is 0 Å². The van der Waals surface area contributed by atoms with Crippen LogP contribution in [0.1, 0.15) is 25.3 Å². The molecule has 0 aliphatic carbocycles. The first-order valence-corrected chi connectivity index (χ1v) is 7.69. The van der Waals surface area contributed by atoms with Crippen molar-refractivity contribution in [2.75, 3.05) is 19.6 Å². The number of aryl methyl sites for hydroxylation is 1. The molecule has 0 unspecified atom stereocenters. The normalized spacial score (nSPS) is 14.3. The number of hydrogen-bond acceptors (Lipinski definition) is 2. The van der Waals surface area contributed by atoms with Crippen molar-refractivity contribution in [3.63, 3.8) is 0 Å². The molecule has 1 aliphatic rings. The molecular formula is C16H21F2N3O2. The number of carbonyl (C=O) groups is 2. The Labute approximate surface area is 134 Å². The molecule has 2 rings (SSSR count). The Morgan fingerprint density at radius 1 is 1.22 bits per heavy atom. The number of hydrogen-bond donors (Lipinski definition) is 2. The topological polar surface area (TPSA) is 61.4 Å². The molecule has 1 heterocycles. The van der Waals surface area contributed by atoms with Gasteiger partial charge in [0.15, 0.2) is 11.6 Å². The number of unbranched alkanes of at least 4 members (excludes halogenated alkanes) is 1. The second-order valence-electron chi connectivity index (χ2n) is 5.74. The third-order valence-corrected chi connectivity index (χ3v) is 3.73. The van der Waals surface area contributed by atoms with Gasteiger partial charge >= 0.3 is 6.03 Å². The van der Waals surface area contributed by atoms with E-state index in [2.05, 4.69) is 10.6 Å². The number of carbonyl (C=O) groups excluding carboxylic acids is 2. The van der Waals surface area contributed by atoms with Crippen LogP contribution in [-0.2, 0) is 11.2 Å². The monoisotopic (exact) mass is 325 g/mol. The Balaban J connectivity index is 1.56. The van der Waals surface area contributed by atoms with Crippen LogP contribution in [-0.4, -0.2) is 42.5 Å². The first kappa shape index (κ1) is 17.2. The highest BCUT2D eigenvalue weighted by atomic mass is 19.2. The van der Waals surface area contributed by atoms with Gasteiger partial charge in [0.25, 0.3) is 0 Å². The Morgan fingerprint density at radius 3 is 2.61 bits per heavy atom. The summed E-state index contributed by atoms with van der Waals surface area (Å²) in [5.74, 6) is -1.76. The first-order valence-electron chi connectivity index (χ1n) is 7.69. The molecule has 0 saturated carbocycles. The quantitative estimate of drug-likeness (QED) is 0.784. The molecule has 0 aromatic heterocycles. The van der Waals surface area contributed by atoms with Crippen LogP contribution < -0.4 is 10.6 Å². The number of benzene rings is 1. The third kappa shape index (κ3) is 5.19. The van der Waals surface area contributed by atoms with Crippen molar-refractivity contribution in [2.45, 2.75) is 32.2 Å². The molecule has 7 heteroatoms. The Kier molecular flexibility index (Phi) is 5.90. The SMILES string of the molecule is CC(=O)NC1CN(C(=O)NCCCCc2ccc(F)c(F)c2)C1. The molecule has 0 bridgehead atoms. The number of halogens is 2. The van der Waals surface area contributed by atoms with Gasteiger partial charge in [-0.1, -0.05) is 6.07 Å². The van der Waals surface area contributed by atoms with Gasteiger partial charge in [-0.25, -0.2) is 13.6 Å². The maximum atomic E-state index is 13.0. The maximum Gasteiger partial charge on any atom is 0.317 e. The highest BCUT2D eigenvalue weighted by Gasteiger charge is 2.30. The second kappa shape index (κ2) is 7.89. The average molecular weight is 325 g/mol. The van der Waals surface area contributed by atoms with Crippen molar-refractivity contribution in [1.29, 1.82) is 0 Å². The molecule has 5 nitrogen and oxygen atoms in total. The van der Waals surface area contributed by atoms with Gasteiger partial charge in [-0.05, 0) is 37.0 Å². The van der Waals surface area contributed by atoms with E-state index < -0.39 is 11.6 Å². The van der Waals surface area contributed by atoms with Crippen molar-refractivity contribution < 1.29 is 18.4 Å². The number of rotatable bonds is 6. The summed E-state index contributed by atoms with van der Waals surface area (Å²) in [6.45, 7) is 3.04. The van der Waals surface area contributed by atoms with Crippen molar-refractivity contribution in [2.24, 2.45) is 0 Å². The molecule has 126 valence electrons. The number of likely N-dealkylation sites (tertiary alicyclic amines) is 1. The fraction of sp³-hybridized carbons (Fsp3) is 0.500. The lowest BCUT2D eigenvalue weighted by atomic mass is 10.1. The van der Waals surface area contributed by atoms with Crippen LogP contribution in [0.15, 0.2) is 18.2 Å².